The Morgan fingerprint density at radius 1 is 1.17 bits per heavy atom. The number of benzene rings is 2. The number of amidine groups is 1. The highest BCUT2D eigenvalue weighted by Gasteiger charge is 2.31. The summed E-state index contributed by atoms with van der Waals surface area (Å²) in [6.45, 7) is 3.92. The summed E-state index contributed by atoms with van der Waals surface area (Å²) < 4.78 is 41.1. The average Bonchev–Trinajstić information content (AvgIpc) is 3.37. The van der Waals surface area contributed by atoms with Crippen LogP contribution < -0.4 is 27.2 Å². The lowest BCUT2D eigenvalue weighted by atomic mass is 10.1. The first-order valence-corrected chi connectivity index (χ1v) is 13.8. The maximum absolute atomic E-state index is 13.7. The zero-order valence-electron chi connectivity index (χ0n) is 23.2. The molecule has 10 nitrogen and oxygen atoms in total. The van der Waals surface area contributed by atoms with E-state index in [-0.39, 0.29) is 28.5 Å². The minimum Gasteiger partial charge on any atom is -0.396 e. The number of nitrogens with zero attached hydrogens (tertiary/aromatic N) is 4. The van der Waals surface area contributed by atoms with E-state index in [2.05, 4.69) is 20.6 Å². The van der Waals surface area contributed by atoms with Crippen LogP contribution in [-0.4, -0.2) is 41.1 Å². The molecule has 0 unspecified atom stereocenters. The lowest BCUT2D eigenvalue weighted by Gasteiger charge is -2.26. The average molecular weight is 601 g/mol. The van der Waals surface area contributed by atoms with Crippen LogP contribution in [-0.2, 0) is 11.0 Å². The van der Waals surface area contributed by atoms with Crippen molar-refractivity contribution in [2.45, 2.75) is 39.3 Å². The third-order valence-corrected chi connectivity index (χ3v) is 7.41. The number of alkyl halides is 3. The standard InChI is InChI=1S/C28H31F3N8O2S/c1-16-7-8-18(10-23(16)39(33)15-22(32)24-14-34-27(42-24)35-17(2)40)26(41)37-21-12-19(28(29,30)31)11-20(13-21)36-25-6-4-5-9-38(25)3/h7-8,10-15H,4-6,9,32-33H2,1-3H3,(H,37,41)(H,34,35,40)/b22-15-,36-25+. The van der Waals surface area contributed by atoms with Gasteiger partial charge >= 0.3 is 6.18 Å². The summed E-state index contributed by atoms with van der Waals surface area (Å²) in [4.78, 5) is 35.5. The molecule has 222 valence electrons. The van der Waals surface area contributed by atoms with E-state index in [1.165, 1.54) is 36.5 Å². The van der Waals surface area contributed by atoms with Crippen LogP contribution in [0.3, 0.4) is 0 Å². The number of nitrogens with two attached hydrogens (primary N) is 2. The van der Waals surface area contributed by atoms with Crippen molar-refractivity contribution in [2.75, 3.05) is 29.2 Å². The van der Waals surface area contributed by atoms with Crippen LogP contribution in [0, 0.1) is 6.92 Å². The van der Waals surface area contributed by atoms with Crippen LogP contribution in [0.15, 0.2) is 53.8 Å². The quantitative estimate of drug-likeness (QED) is 0.208. The van der Waals surface area contributed by atoms with Gasteiger partial charge in [0.25, 0.3) is 5.91 Å². The number of halogens is 3. The maximum Gasteiger partial charge on any atom is 0.416 e. The van der Waals surface area contributed by atoms with Gasteiger partial charge in [-0.2, -0.15) is 13.2 Å². The molecule has 2 aromatic carbocycles. The van der Waals surface area contributed by atoms with E-state index in [1.54, 1.807) is 19.1 Å². The first-order valence-electron chi connectivity index (χ1n) is 13.0. The number of piperidine rings is 1. The molecule has 1 fully saturated rings. The Kier molecular flexibility index (Phi) is 9.17. The number of hydrogen-bond acceptors (Lipinski definition) is 8. The fraction of sp³-hybridized carbons (Fsp3) is 0.286. The Morgan fingerprint density at radius 3 is 2.62 bits per heavy atom. The monoisotopic (exact) mass is 600 g/mol. The maximum atomic E-state index is 13.7. The summed E-state index contributed by atoms with van der Waals surface area (Å²) in [7, 11) is 1.85. The molecule has 42 heavy (non-hydrogen) atoms. The number of hydrazine groups is 1. The molecule has 3 aromatic rings. The van der Waals surface area contributed by atoms with Crippen molar-refractivity contribution in [3.63, 3.8) is 0 Å². The van der Waals surface area contributed by atoms with E-state index in [0.717, 1.165) is 48.4 Å². The molecule has 1 aliphatic rings. The number of carbonyl (C=O) groups excluding carboxylic acids is 2. The fourth-order valence-electron chi connectivity index (χ4n) is 4.28. The highest BCUT2D eigenvalue weighted by Crippen LogP contribution is 2.35. The third kappa shape index (κ3) is 7.64. The minimum absolute atomic E-state index is 0.0383. The van der Waals surface area contributed by atoms with Gasteiger partial charge in [-0.1, -0.05) is 17.4 Å². The number of rotatable bonds is 7. The number of aryl methyl sites for hydroxylation is 1. The fourth-order valence-corrected chi connectivity index (χ4v) is 5.07. The number of aliphatic imine (C=N–C) groups is 1. The van der Waals surface area contributed by atoms with E-state index in [9.17, 15) is 22.8 Å². The number of likely N-dealkylation sites (tertiary alicyclic amines) is 1. The van der Waals surface area contributed by atoms with Crippen LogP contribution >= 0.6 is 11.3 Å². The van der Waals surface area contributed by atoms with Gasteiger partial charge in [-0.05, 0) is 55.7 Å². The second-order valence-corrected chi connectivity index (χ2v) is 10.9. The molecule has 2 amide bonds. The van der Waals surface area contributed by atoms with Crippen molar-refractivity contribution in [3.8, 4) is 0 Å². The second kappa shape index (κ2) is 12.6. The van der Waals surface area contributed by atoms with Crippen molar-refractivity contribution in [1.82, 2.24) is 9.88 Å². The SMILES string of the molecule is CC(=O)Nc1ncc(/C(N)=C/N(N)c2cc(C(=O)Nc3cc(/N=C4\CCCCN4C)cc(C(F)(F)F)c3)ccc2C)s1. The topological polar surface area (TPSA) is 142 Å². The van der Waals surface area contributed by atoms with Gasteiger partial charge in [0, 0.05) is 50.6 Å². The Balaban J connectivity index is 1.58. The van der Waals surface area contributed by atoms with Gasteiger partial charge in [0.05, 0.1) is 27.5 Å². The smallest absolute Gasteiger partial charge is 0.396 e. The largest absolute Gasteiger partial charge is 0.416 e. The first kappa shape index (κ1) is 30.5. The number of aromatic nitrogens is 1. The molecule has 4 rings (SSSR count). The summed E-state index contributed by atoms with van der Waals surface area (Å²) in [5.74, 6) is 6.05. The summed E-state index contributed by atoms with van der Waals surface area (Å²) >= 11 is 1.16. The summed E-state index contributed by atoms with van der Waals surface area (Å²) in [6.07, 6.45) is 0.865. The van der Waals surface area contributed by atoms with Gasteiger partial charge in [-0.3, -0.25) is 14.6 Å². The molecular formula is C28H31F3N8O2S. The first-order chi connectivity index (χ1) is 19.8. The molecule has 1 saturated heterocycles. The van der Waals surface area contributed by atoms with E-state index in [1.807, 2.05) is 11.9 Å². The summed E-state index contributed by atoms with van der Waals surface area (Å²) in [5, 5.41) is 6.76. The molecule has 0 atom stereocenters. The predicted octanol–water partition coefficient (Wildman–Crippen LogP) is 5.46. The molecule has 1 aliphatic heterocycles. The molecule has 0 saturated carbocycles. The van der Waals surface area contributed by atoms with Crippen molar-refractivity contribution in [3.05, 3.63) is 70.4 Å². The van der Waals surface area contributed by atoms with E-state index >= 15 is 0 Å². The Bertz CT molecular complexity index is 1550. The van der Waals surface area contributed by atoms with Crippen molar-refractivity contribution in [2.24, 2.45) is 16.6 Å². The second-order valence-electron chi connectivity index (χ2n) is 9.83. The van der Waals surface area contributed by atoms with Crippen molar-refractivity contribution >= 4 is 56.9 Å². The summed E-state index contributed by atoms with van der Waals surface area (Å²) in [6, 6.07) is 7.99. The van der Waals surface area contributed by atoms with E-state index < -0.39 is 17.6 Å². The number of hydrogen-bond donors (Lipinski definition) is 4. The van der Waals surface area contributed by atoms with Crippen LogP contribution in [0.5, 0.6) is 0 Å². The zero-order chi connectivity index (χ0) is 30.6. The van der Waals surface area contributed by atoms with Crippen molar-refractivity contribution in [1.29, 1.82) is 0 Å². The third-order valence-electron chi connectivity index (χ3n) is 6.45. The number of nitrogens with one attached hydrogen (secondary N) is 2. The molecule has 2 heterocycles. The number of amides is 2. The molecule has 0 radical (unpaired) electrons. The van der Waals surface area contributed by atoms with Crippen LogP contribution in [0.25, 0.3) is 5.70 Å². The molecule has 14 heteroatoms. The van der Waals surface area contributed by atoms with Crippen molar-refractivity contribution < 1.29 is 22.8 Å². The van der Waals surface area contributed by atoms with Gasteiger partial charge in [0.2, 0.25) is 5.91 Å². The molecular weight excluding hydrogens is 569 g/mol. The highest BCUT2D eigenvalue weighted by molar-refractivity contribution is 7.16. The number of anilines is 3. The molecule has 0 aliphatic carbocycles. The van der Waals surface area contributed by atoms with Gasteiger partial charge in [0.1, 0.15) is 5.84 Å². The zero-order valence-corrected chi connectivity index (χ0v) is 24.1. The van der Waals surface area contributed by atoms with Gasteiger partial charge in [-0.15, -0.1) is 0 Å². The van der Waals surface area contributed by atoms with E-state index in [0.29, 0.717) is 28.0 Å². The lowest BCUT2D eigenvalue weighted by Crippen LogP contribution is -2.31. The normalized spacial score (nSPS) is 15.1. The minimum atomic E-state index is -4.63. The Labute approximate surface area is 244 Å². The lowest BCUT2D eigenvalue weighted by molar-refractivity contribution is -0.137. The Morgan fingerprint density at radius 2 is 1.93 bits per heavy atom. The van der Waals surface area contributed by atoms with Crippen LogP contribution in [0.2, 0.25) is 0 Å². The number of thiazole rings is 1. The van der Waals surface area contributed by atoms with Gasteiger partial charge in [0.15, 0.2) is 5.13 Å². The number of carbonyl (C=O) groups is 2. The van der Waals surface area contributed by atoms with E-state index in [4.69, 9.17) is 11.6 Å². The molecule has 6 N–H and O–H groups in total. The van der Waals surface area contributed by atoms with Gasteiger partial charge < -0.3 is 21.3 Å². The molecule has 0 bridgehead atoms. The van der Waals surface area contributed by atoms with Crippen LogP contribution in [0.4, 0.5) is 35.4 Å². The Hall–Kier alpha value is -4.43. The van der Waals surface area contributed by atoms with Gasteiger partial charge in [-0.25, -0.2) is 15.8 Å². The highest BCUT2D eigenvalue weighted by atomic mass is 32.1. The summed E-state index contributed by atoms with van der Waals surface area (Å²) in [5.41, 5.74) is 6.92. The molecule has 0 spiro atoms. The van der Waals surface area contributed by atoms with Crippen LogP contribution in [0.1, 0.15) is 52.5 Å². The predicted molar refractivity (Wildman–Crippen MR) is 159 cm³/mol. The molecule has 1 aromatic heterocycles.